The quantitative estimate of drug-likeness (QED) is 0.697. The van der Waals surface area contributed by atoms with Gasteiger partial charge in [0.25, 0.3) is 5.91 Å². The standard InChI is InChI=1S/C16H15N3O2S/c20-15-4-1-9-19(15)13-7-5-12(6-8-13)16(21)18-17-11-14-3-2-10-22-14/h2-3,5-8,10-11H,1,4,9H2,(H,18,21)/b17-11+. The van der Waals surface area contributed by atoms with Gasteiger partial charge in [-0.25, -0.2) is 5.43 Å². The summed E-state index contributed by atoms with van der Waals surface area (Å²) >= 11 is 1.55. The van der Waals surface area contributed by atoms with Gasteiger partial charge in [-0.05, 0) is 42.1 Å². The van der Waals surface area contributed by atoms with Crippen molar-refractivity contribution in [2.24, 2.45) is 5.10 Å². The summed E-state index contributed by atoms with van der Waals surface area (Å²) < 4.78 is 0. The summed E-state index contributed by atoms with van der Waals surface area (Å²) in [6.07, 6.45) is 3.10. The third-order valence-electron chi connectivity index (χ3n) is 3.42. The van der Waals surface area contributed by atoms with Crippen LogP contribution in [-0.2, 0) is 4.79 Å². The molecule has 3 rings (SSSR count). The van der Waals surface area contributed by atoms with Gasteiger partial charge in [0.1, 0.15) is 0 Å². The van der Waals surface area contributed by atoms with Crippen LogP contribution in [0.4, 0.5) is 5.69 Å². The van der Waals surface area contributed by atoms with Gasteiger partial charge in [0.05, 0.1) is 6.21 Å². The van der Waals surface area contributed by atoms with Crippen molar-refractivity contribution in [2.75, 3.05) is 11.4 Å². The van der Waals surface area contributed by atoms with Crippen molar-refractivity contribution < 1.29 is 9.59 Å². The maximum atomic E-state index is 12.0. The van der Waals surface area contributed by atoms with Gasteiger partial charge in [-0.15, -0.1) is 11.3 Å². The second kappa shape index (κ2) is 6.53. The van der Waals surface area contributed by atoms with E-state index in [0.717, 1.165) is 23.5 Å². The Morgan fingerprint density at radius 2 is 2.09 bits per heavy atom. The molecule has 1 aliphatic heterocycles. The highest BCUT2D eigenvalue weighted by molar-refractivity contribution is 7.11. The van der Waals surface area contributed by atoms with Crippen LogP contribution in [-0.4, -0.2) is 24.6 Å². The smallest absolute Gasteiger partial charge is 0.271 e. The Balaban J connectivity index is 1.62. The summed E-state index contributed by atoms with van der Waals surface area (Å²) in [7, 11) is 0. The minimum atomic E-state index is -0.271. The molecule has 6 heteroatoms. The predicted molar refractivity (Wildman–Crippen MR) is 87.4 cm³/mol. The van der Waals surface area contributed by atoms with Crippen molar-refractivity contribution in [1.82, 2.24) is 5.43 Å². The van der Waals surface area contributed by atoms with Gasteiger partial charge in [-0.3, -0.25) is 9.59 Å². The van der Waals surface area contributed by atoms with E-state index in [4.69, 9.17) is 0 Å². The molecule has 1 aromatic carbocycles. The number of hydrogen-bond donors (Lipinski definition) is 1. The summed E-state index contributed by atoms with van der Waals surface area (Å²) in [5.74, 6) is -0.134. The van der Waals surface area contributed by atoms with E-state index in [9.17, 15) is 9.59 Å². The number of rotatable bonds is 4. The lowest BCUT2D eigenvalue weighted by Gasteiger charge is -2.15. The van der Waals surface area contributed by atoms with Crippen molar-refractivity contribution in [2.45, 2.75) is 12.8 Å². The molecule has 0 saturated carbocycles. The number of anilines is 1. The monoisotopic (exact) mass is 313 g/mol. The molecule has 2 heterocycles. The van der Waals surface area contributed by atoms with E-state index in [1.54, 1.807) is 46.7 Å². The van der Waals surface area contributed by atoms with Crippen LogP contribution in [0.2, 0.25) is 0 Å². The Hall–Kier alpha value is -2.47. The van der Waals surface area contributed by atoms with Crippen LogP contribution in [0.15, 0.2) is 46.9 Å². The molecule has 5 nitrogen and oxygen atoms in total. The summed E-state index contributed by atoms with van der Waals surface area (Å²) in [5.41, 5.74) is 3.84. The van der Waals surface area contributed by atoms with Crippen LogP contribution >= 0.6 is 11.3 Å². The highest BCUT2D eigenvalue weighted by Crippen LogP contribution is 2.21. The fraction of sp³-hybridized carbons (Fsp3) is 0.188. The number of thiophene rings is 1. The molecule has 1 aromatic heterocycles. The van der Waals surface area contributed by atoms with E-state index < -0.39 is 0 Å². The van der Waals surface area contributed by atoms with Gasteiger partial charge in [-0.1, -0.05) is 6.07 Å². The van der Waals surface area contributed by atoms with Crippen molar-refractivity contribution >= 4 is 35.1 Å². The van der Waals surface area contributed by atoms with Crippen molar-refractivity contribution in [1.29, 1.82) is 0 Å². The number of nitrogens with one attached hydrogen (secondary N) is 1. The fourth-order valence-electron chi connectivity index (χ4n) is 2.30. The van der Waals surface area contributed by atoms with Gasteiger partial charge in [0, 0.05) is 29.1 Å². The molecule has 0 spiro atoms. The zero-order valence-electron chi connectivity index (χ0n) is 11.9. The Morgan fingerprint density at radius 3 is 2.73 bits per heavy atom. The first-order chi connectivity index (χ1) is 10.7. The molecule has 1 saturated heterocycles. The van der Waals surface area contributed by atoms with E-state index in [1.807, 2.05) is 17.5 Å². The topological polar surface area (TPSA) is 61.8 Å². The Kier molecular flexibility index (Phi) is 4.29. The summed E-state index contributed by atoms with van der Waals surface area (Å²) in [4.78, 5) is 26.4. The van der Waals surface area contributed by atoms with E-state index in [1.165, 1.54) is 0 Å². The number of hydrazone groups is 1. The molecule has 1 N–H and O–H groups in total. The Morgan fingerprint density at radius 1 is 1.27 bits per heavy atom. The van der Waals surface area contributed by atoms with Crippen LogP contribution in [0.25, 0.3) is 0 Å². The largest absolute Gasteiger partial charge is 0.312 e. The molecule has 0 bridgehead atoms. The summed E-state index contributed by atoms with van der Waals surface area (Å²) in [6, 6.07) is 10.8. The molecule has 0 aliphatic carbocycles. The summed E-state index contributed by atoms with van der Waals surface area (Å²) in [5, 5.41) is 5.87. The van der Waals surface area contributed by atoms with Gasteiger partial charge in [-0.2, -0.15) is 5.10 Å². The van der Waals surface area contributed by atoms with Crippen LogP contribution in [0.1, 0.15) is 28.1 Å². The SMILES string of the molecule is O=C(N/N=C/c1cccs1)c1ccc(N2CCCC2=O)cc1. The number of nitrogens with zero attached hydrogens (tertiary/aromatic N) is 2. The lowest BCUT2D eigenvalue weighted by atomic mass is 10.2. The highest BCUT2D eigenvalue weighted by atomic mass is 32.1. The molecule has 1 aliphatic rings. The molecule has 0 atom stereocenters. The molecule has 1 fully saturated rings. The van der Waals surface area contributed by atoms with E-state index in [2.05, 4.69) is 10.5 Å². The van der Waals surface area contributed by atoms with Crippen molar-refractivity contribution in [3.05, 3.63) is 52.2 Å². The minimum Gasteiger partial charge on any atom is -0.312 e. The zero-order chi connectivity index (χ0) is 15.4. The predicted octanol–water partition coefficient (Wildman–Crippen LogP) is 2.64. The molecule has 2 amide bonds. The third kappa shape index (κ3) is 3.23. The molecule has 0 unspecified atom stereocenters. The molecular weight excluding hydrogens is 298 g/mol. The van der Waals surface area contributed by atoms with Crippen LogP contribution in [0.5, 0.6) is 0 Å². The average molecular weight is 313 g/mol. The van der Waals surface area contributed by atoms with Crippen molar-refractivity contribution in [3.8, 4) is 0 Å². The maximum Gasteiger partial charge on any atom is 0.271 e. The van der Waals surface area contributed by atoms with Gasteiger partial charge < -0.3 is 4.90 Å². The van der Waals surface area contributed by atoms with Gasteiger partial charge >= 0.3 is 0 Å². The number of hydrogen-bond acceptors (Lipinski definition) is 4. The maximum absolute atomic E-state index is 12.0. The van der Waals surface area contributed by atoms with E-state index in [0.29, 0.717) is 12.0 Å². The van der Waals surface area contributed by atoms with E-state index >= 15 is 0 Å². The summed E-state index contributed by atoms with van der Waals surface area (Å²) in [6.45, 7) is 0.746. The second-order valence-electron chi connectivity index (χ2n) is 4.91. The zero-order valence-corrected chi connectivity index (χ0v) is 12.7. The number of carbonyl (C=O) groups is 2. The van der Waals surface area contributed by atoms with Crippen LogP contribution in [0.3, 0.4) is 0 Å². The molecule has 2 aromatic rings. The first-order valence-electron chi connectivity index (χ1n) is 7.01. The number of benzene rings is 1. The second-order valence-corrected chi connectivity index (χ2v) is 5.89. The number of amides is 2. The molecular formula is C16H15N3O2S. The lowest BCUT2D eigenvalue weighted by Crippen LogP contribution is -2.24. The van der Waals surface area contributed by atoms with Gasteiger partial charge in [0.2, 0.25) is 5.91 Å². The third-order valence-corrected chi connectivity index (χ3v) is 4.22. The van der Waals surface area contributed by atoms with Crippen molar-refractivity contribution in [3.63, 3.8) is 0 Å². The number of carbonyl (C=O) groups excluding carboxylic acids is 2. The average Bonchev–Trinajstić information content (AvgIpc) is 3.19. The Bertz CT molecular complexity index is 693. The molecule has 22 heavy (non-hydrogen) atoms. The Labute approximate surface area is 132 Å². The first kappa shape index (κ1) is 14.5. The van der Waals surface area contributed by atoms with Crippen LogP contribution < -0.4 is 10.3 Å². The molecule has 0 radical (unpaired) electrons. The lowest BCUT2D eigenvalue weighted by molar-refractivity contribution is -0.117. The van der Waals surface area contributed by atoms with Gasteiger partial charge in [0.15, 0.2) is 0 Å². The van der Waals surface area contributed by atoms with Crippen LogP contribution in [0, 0.1) is 0 Å². The first-order valence-corrected chi connectivity index (χ1v) is 7.89. The fourth-order valence-corrected chi connectivity index (χ4v) is 2.88. The molecule has 112 valence electrons. The van der Waals surface area contributed by atoms with E-state index in [-0.39, 0.29) is 11.8 Å². The minimum absolute atomic E-state index is 0.137. The normalized spacial score (nSPS) is 14.7. The highest BCUT2D eigenvalue weighted by Gasteiger charge is 2.21.